The molecule has 0 aliphatic heterocycles. The zero-order chi connectivity index (χ0) is 13.0. The summed E-state index contributed by atoms with van der Waals surface area (Å²) in [6.07, 6.45) is 0. The summed E-state index contributed by atoms with van der Waals surface area (Å²) in [5, 5.41) is 2.92. The highest BCUT2D eigenvalue weighted by molar-refractivity contribution is 9.10. The summed E-state index contributed by atoms with van der Waals surface area (Å²) in [7, 11) is 0. The van der Waals surface area contributed by atoms with Crippen LogP contribution in [0.25, 0.3) is 0 Å². The number of hydrogen-bond acceptors (Lipinski definition) is 1. The second kappa shape index (κ2) is 5.83. The molecule has 0 aliphatic carbocycles. The van der Waals surface area contributed by atoms with Gasteiger partial charge in [-0.2, -0.15) is 0 Å². The van der Waals surface area contributed by atoms with Crippen molar-refractivity contribution in [1.82, 2.24) is 5.32 Å². The molecule has 0 heterocycles. The van der Waals surface area contributed by atoms with Crippen LogP contribution in [0.3, 0.4) is 0 Å². The largest absolute Gasteiger partial charge is 0.348 e. The van der Waals surface area contributed by atoms with Gasteiger partial charge in [0.1, 0.15) is 0 Å². The molecular formula is C15H14BrNO. The molecule has 0 saturated heterocycles. The molecule has 3 heteroatoms. The molecule has 0 atom stereocenters. The zero-order valence-electron chi connectivity index (χ0n) is 10.1. The quantitative estimate of drug-likeness (QED) is 0.920. The van der Waals surface area contributed by atoms with Gasteiger partial charge < -0.3 is 5.32 Å². The van der Waals surface area contributed by atoms with E-state index in [1.54, 1.807) is 0 Å². The first-order valence-corrected chi connectivity index (χ1v) is 6.54. The molecule has 92 valence electrons. The Bertz CT molecular complexity index is 549. The fourth-order valence-corrected chi connectivity index (χ4v) is 1.97. The number of carbonyl (C=O) groups is 1. The smallest absolute Gasteiger partial charge is 0.251 e. The summed E-state index contributed by atoms with van der Waals surface area (Å²) in [5.41, 5.74) is 2.81. The topological polar surface area (TPSA) is 29.1 Å². The summed E-state index contributed by atoms with van der Waals surface area (Å²) < 4.78 is 1.04. The molecule has 0 radical (unpaired) electrons. The van der Waals surface area contributed by atoms with Crippen molar-refractivity contribution in [2.45, 2.75) is 13.5 Å². The van der Waals surface area contributed by atoms with Crippen LogP contribution in [0.15, 0.2) is 53.0 Å². The zero-order valence-corrected chi connectivity index (χ0v) is 11.7. The van der Waals surface area contributed by atoms with E-state index in [0.29, 0.717) is 6.54 Å². The average Bonchev–Trinajstić information content (AvgIpc) is 2.38. The van der Waals surface area contributed by atoms with E-state index >= 15 is 0 Å². The van der Waals surface area contributed by atoms with Crippen molar-refractivity contribution in [3.8, 4) is 0 Å². The van der Waals surface area contributed by atoms with Crippen LogP contribution in [-0.2, 0) is 6.54 Å². The minimum atomic E-state index is -0.0315. The standard InChI is InChI=1S/C15H14BrNO/c1-11-4-2-3-5-14(11)15(18)17-10-12-6-8-13(16)9-7-12/h2-9H,10H2,1H3,(H,17,18). The first-order chi connectivity index (χ1) is 8.66. The molecular weight excluding hydrogens is 290 g/mol. The average molecular weight is 304 g/mol. The first kappa shape index (κ1) is 12.8. The van der Waals surface area contributed by atoms with E-state index in [0.717, 1.165) is 21.2 Å². The van der Waals surface area contributed by atoms with Crippen molar-refractivity contribution in [3.05, 3.63) is 69.7 Å². The van der Waals surface area contributed by atoms with E-state index in [1.807, 2.05) is 55.5 Å². The number of hydrogen-bond donors (Lipinski definition) is 1. The summed E-state index contributed by atoms with van der Waals surface area (Å²) in [6, 6.07) is 15.5. The van der Waals surface area contributed by atoms with Crippen LogP contribution in [0.4, 0.5) is 0 Å². The van der Waals surface area contributed by atoms with Gasteiger partial charge in [0, 0.05) is 16.6 Å². The molecule has 0 aromatic heterocycles. The van der Waals surface area contributed by atoms with E-state index in [-0.39, 0.29) is 5.91 Å². The molecule has 1 N–H and O–H groups in total. The Morgan fingerprint density at radius 3 is 2.44 bits per heavy atom. The van der Waals surface area contributed by atoms with E-state index in [1.165, 1.54) is 0 Å². The lowest BCUT2D eigenvalue weighted by Crippen LogP contribution is -2.23. The van der Waals surface area contributed by atoms with Gasteiger partial charge in [0.05, 0.1) is 0 Å². The molecule has 0 unspecified atom stereocenters. The molecule has 0 spiro atoms. The maximum Gasteiger partial charge on any atom is 0.251 e. The minimum Gasteiger partial charge on any atom is -0.348 e. The molecule has 2 nitrogen and oxygen atoms in total. The van der Waals surface area contributed by atoms with Gasteiger partial charge in [-0.25, -0.2) is 0 Å². The van der Waals surface area contributed by atoms with Crippen molar-refractivity contribution in [1.29, 1.82) is 0 Å². The molecule has 0 bridgehead atoms. The molecule has 2 rings (SSSR count). The molecule has 0 fully saturated rings. The van der Waals surface area contributed by atoms with Crippen molar-refractivity contribution in [3.63, 3.8) is 0 Å². The Balaban J connectivity index is 2.01. The highest BCUT2D eigenvalue weighted by atomic mass is 79.9. The van der Waals surface area contributed by atoms with Gasteiger partial charge >= 0.3 is 0 Å². The molecule has 2 aromatic rings. The van der Waals surface area contributed by atoms with Gasteiger partial charge in [0.15, 0.2) is 0 Å². The fourth-order valence-electron chi connectivity index (χ4n) is 1.71. The van der Waals surface area contributed by atoms with Crippen LogP contribution in [0, 0.1) is 6.92 Å². The molecule has 0 saturated carbocycles. The number of amides is 1. The van der Waals surface area contributed by atoms with Gasteiger partial charge in [0.25, 0.3) is 5.91 Å². The van der Waals surface area contributed by atoms with Gasteiger partial charge in [-0.1, -0.05) is 46.3 Å². The third kappa shape index (κ3) is 3.20. The second-order valence-corrected chi connectivity index (χ2v) is 5.04. The Kier molecular flexibility index (Phi) is 4.15. The summed E-state index contributed by atoms with van der Waals surface area (Å²) in [5.74, 6) is -0.0315. The maximum absolute atomic E-state index is 12.0. The van der Waals surface area contributed by atoms with Gasteiger partial charge in [0.2, 0.25) is 0 Å². The maximum atomic E-state index is 12.0. The van der Waals surface area contributed by atoms with E-state index in [4.69, 9.17) is 0 Å². The van der Waals surface area contributed by atoms with Crippen molar-refractivity contribution < 1.29 is 4.79 Å². The number of halogens is 1. The number of rotatable bonds is 3. The highest BCUT2D eigenvalue weighted by Gasteiger charge is 2.07. The summed E-state index contributed by atoms with van der Waals surface area (Å²) in [4.78, 5) is 12.0. The van der Waals surface area contributed by atoms with E-state index < -0.39 is 0 Å². The lowest BCUT2D eigenvalue weighted by Gasteiger charge is -2.07. The van der Waals surface area contributed by atoms with Crippen LogP contribution in [-0.4, -0.2) is 5.91 Å². The van der Waals surface area contributed by atoms with Crippen LogP contribution < -0.4 is 5.32 Å². The Labute approximate surface area is 115 Å². The van der Waals surface area contributed by atoms with E-state index in [2.05, 4.69) is 21.2 Å². The van der Waals surface area contributed by atoms with Crippen LogP contribution >= 0.6 is 15.9 Å². The monoisotopic (exact) mass is 303 g/mol. The summed E-state index contributed by atoms with van der Waals surface area (Å²) >= 11 is 3.38. The van der Waals surface area contributed by atoms with Crippen molar-refractivity contribution in [2.75, 3.05) is 0 Å². The van der Waals surface area contributed by atoms with Gasteiger partial charge in [-0.05, 0) is 36.2 Å². The predicted molar refractivity (Wildman–Crippen MR) is 76.5 cm³/mol. The highest BCUT2D eigenvalue weighted by Crippen LogP contribution is 2.11. The van der Waals surface area contributed by atoms with E-state index in [9.17, 15) is 4.79 Å². The Morgan fingerprint density at radius 2 is 1.78 bits per heavy atom. The SMILES string of the molecule is Cc1ccccc1C(=O)NCc1ccc(Br)cc1. The number of carbonyl (C=O) groups excluding carboxylic acids is 1. The Hall–Kier alpha value is -1.61. The number of aryl methyl sites for hydroxylation is 1. The summed E-state index contributed by atoms with van der Waals surface area (Å²) in [6.45, 7) is 2.48. The first-order valence-electron chi connectivity index (χ1n) is 5.75. The molecule has 1 amide bonds. The van der Waals surface area contributed by atoms with Crippen LogP contribution in [0.1, 0.15) is 21.5 Å². The lowest BCUT2D eigenvalue weighted by atomic mass is 10.1. The van der Waals surface area contributed by atoms with Crippen LogP contribution in [0.2, 0.25) is 0 Å². The van der Waals surface area contributed by atoms with Gasteiger partial charge in [-0.15, -0.1) is 0 Å². The number of benzene rings is 2. The lowest BCUT2D eigenvalue weighted by molar-refractivity contribution is 0.0950. The fraction of sp³-hybridized carbons (Fsp3) is 0.133. The van der Waals surface area contributed by atoms with Crippen molar-refractivity contribution in [2.24, 2.45) is 0 Å². The third-order valence-corrected chi connectivity index (χ3v) is 3.28. The third-order valence-electron chi connectivity index (χ3n) is 2.76. The molecule has 2 aromatic carbocycles. The second-order valence-electron chi connectivity index (χ2n) is 4.12. The minimum absolute atomic E-state index is 0.0315. The van der Waals surface area contributed by atoms with Crippen molar-refractivity contribution >= 4 is 21.8 Å². The normalized spacial score (nSPS) is 10.1. The molecule has 18 heavy (non-hydrogen) atoms. The van der Waals surface area contributed by atoms with Crippen LogP contribution in [0.5, 0.6) is 0 Å². The Morgan fingerprint density at radius 1 is 1.11 bits per heavy atom. The number of nitrogens with one attached hydrogen (secondary N) is 1. The predicted octanol–water partition coefficient (Wildman–Crippen LogP) is 3.69. The van der Waals surface area contributed by atoms with Gasteiger partial charge in [-0.3, -0.25) is 4.79 Å². The molecule has 0 aliphatic rings.